The van der Waals surface area contributed by atoms with Crippen molar-refractivity contribution in [1.29, 1.82) is 0 Å². The Bertz CT molecular complexity index is 536. The lowest BCUT2D eigenvalue weighted by Gasteiger charge is -2.06. The van der Waals surface area contributed by atoms with E-state index in [0.29, 0.717) is 0 Å². The van der Waals surface area contributed by atoms with Crippen LogP contribution in [-0.2, 0) is 0 Å². The van der Waals surface area contributed by atoms with Crippen molar-refractivity contribution in [2.45, 2.75) is 13.3 Å². The second-order valence-corrected chi connectivity index (χ2v) is 4.16. The first-order valence-corrected chi connectivity index (χ1v) is 5.98. The Hall–Kier alpha value is -2.22. The molecular formula is C16H16O2. The molecule has 92 valence electrons. The predicted octanol–water partition coefficient (Wildman–Crippen LogP) is 4.05. The molecule has 2 nitrogen and oxygen atoms in total. The van der Waals surface area contributed by atoms with Gasteiger partial charge in [-0.3, -0.25) is 0 Å². The Kier molecular flexibility index (Phi) is 3.68. The molecule has 0 heterocycles. The van der Waals surface area contributed by atoms with Crippen LogP contribution in [0.2, 0.25) is 0 Å². The Morgan fingerprint density at radius 2 is 1.39 bits per heavy atom. The Morgan fingerprint density at radius 1 is 0.889 bits per heavy atom. The minimum atomic E-state index is 0.273. The largest absolute Gasteiger partial charge is 0.508 e. The smallest absolute Gasteiger partial charge is 0.115 e. The zero-order chi connectivity index (χ0) is 13.0. The maximum atomic E-state index is 9.28. The van der Waals surface area contributed by atoms with Gasteiger partial charge in [0.1, 0.15) is 11.5 Å². The number of allylic oxidation sites excluding steroid dienone is 1. The van der Waals surface area contributed by atoms with Crippen LogP contribution >= 0.6 is 0 Å². The fourth-order valence-corrected chi connectivity index (χ4v) is 1.84. The molecule has 0 amide bonds. The van der Waals surface area contributed by atoms with E-state index >= 15 is 0 Å². The van der Waals surface area contributed by atoms with E-state index in [-0.39, 0.29) is 11.5 Å². The molecule has 2 N–H and O–H groups in total. The molecule has 0 aliphatic heterocycles. The van der Waals surface area contributed by atoms with Gasteiger partial charge in [0, 0.05) is 0 Å². The molecule has 0 fully saturated rings. The van der Waals surface area contributed by atoms with Gasteiger partial charge >= 0.3 is 0 Å². The van der Waals surface area contributed by atoms with E-state index < -0.39 is 0 Å². The Morgan fingerprint density at radius 3 is 1.89 bits per heavy atom. The van der Waals surface area contributed by atoms with E-state index in [1.807, 2.05) is 24.3 Å². The molecule has 0 bridgehead atoms. The summed E-state index contributed by atoms with van der Waals surface area (Å²) < 4.78 is 0. The highest BCUT2D eigenvalue weighted by atomic mass is 16.3. The maximum absolute atomic E-state index is 9.28. The first-order chi connectivity index (χ1) is 8.69. The molecule has 0 aliphatic rings. The SMILES string of the molecule is CC/C(=C\c1ccc(O)cc1)c1ccc(O)cc1. The van der Waals surface area contributed by atoms with Gasteiger partial charge in [-0.15, -0.1) is 0 Å². The van der Waals surface area contributed by atoms with Crippen LogP contribution in [0.3, 0.4) is 0 Å². The number of phenols is 2. The number of rotatable bonds is 3. The highest BCUT2D eigenvalue weighted by Gasteiger charge is 2.00. The molecule has 0 saturated heterocycles. The van der Waals surface area contributed by atoms with Crippen molar-refractivity contribution in [3.05, 3.63) is 59.7 Å². The molecule has 0 aliphatic carbocycles. The van der Waals surface area contributed by atoms with Crippen molar-refractivity contribution >= 4 is 11.6 Å². The Balaban J connectivity index is 2.33. The van der Waals surface area contributed by atoms with Gasteiger partial charge < -0.3 is 10.2 Å². The Labute approximate surface area is 107 Å². The molecule has 18 heavy (non-hydrogen) atoms. The zero-order valence-corrected chi connectivity index (χ0v) is 10.3. The van der Waals surface area contributed by atoms with Crippen molar-refractivity contribution in [3.63, 3.8) is 0 Å². The molecule has 0 aromatic heterocycles. The predicted molar refractivity (Wildman–Crippen MR) is 74.4 cm³/mol. The monoisotopic (exact) mass is 240 g/mol. The van der Waals surface area contributed by atoms with Crippen LogP contribution in [0.1, 0.15) is 24.5 Å². The second kappa shape index (κ2) is 5.41. The number of benzene rings is 2. The van der Waals surface area contributed by atoms with Gasteiger partial charge in [0.05, 0.1) is 0 Å². The average molecular weight is 240 g/mol. The number of aromatic hydroxyl groups is 2. The van der Waals surface area contributed by atoms with Crippen molar-refractivity contribution in [3.8, 4) is 11.5 Å². The van der Waals surface area contributed by atoms with Crippen LogP contribution in [0.5, 0.6) is 11.5 Å². The van der Waals surface area contributed by atoms with Crippen molar-refractivity contribution in [2.24, 2.45) is 0 Å². The minimum Gasteiger partial charge on any atom is -0.508 e. The van der Waals surface area contributed by atoms with Crippen LogP contribution in [0.4, 0.5) is 0 Å². The lowest BCUT2D eigenvalue weighted by Crippen LogP contribution is -1.83. The lowest BCUT2D eigenvalue weighted by atomic mass is 10.0. The summed E-state index contributed by atoms with van der Waals surface area (Å²) in [5.74, 6) is 0.550. The van der Waals surface area contributed by atoms with Crippen LogP contribution in [0.15, 0.2) is 48.5 Å². The van der Waals surface area contributed by atoms with E-state index in [2.05, 4.69) is 13.0 Å². The van der Waals surface area contributed by atoms with E-state index in [1.165, 1.54) is 5.57 Å². The summed E-state index contributed by atoms with van der Waals surface area (Å²) in [6.07, 6.45) is 3.00. The topological polar surface area (TPSA) is 40.5 Å². The highest BCUT2D eigenvalue weighted by molar-refractivity contribution is 5.81. The third-order valence-electron chi connectivity index (χ3n) is 2.85. The van der Waals surface area contributed by atoms with Crippen LogP contribution in [0, 0.1) is 0 Å². The second-order valence-electron chi connectivity index (χ2n) is 4.16. The molecule has 0 saturated carbocycles. The molecule has 0 spiro atoms. The van der Waals surface area contributed by atoms with Crippen LogP contribution in [0.25, 0.3) is 11.6 Å². The van der Waals surface area contributed by atoms with Gasteiger partial charge in [-0.25, -0.2) is 0 Å². The maximum Gasteiger partial charge on any atom is 0.115 e. The van der Waals surface area contributed by atoms with Gasteiger partial charge in [-0.2, -0.15) is 0 Å². The number of phenolic OH excluding ortho intramolecular Hbond substituents is 2. The average Bonchev–Trinajstić information content (AvgIpc) is 2.39. The molecule has 2 aromatic carbocycles. The zero-order valence-electron chi connectivity index (χ0n) is 10.3. The summed E-state index contributed by atoms with van der Waals surface area (Å²) in [6, 6.07) is 14.3. The number of hydrogen-bond donors (Lipinski definition) is 2. The summed E-state index contributed by atoms with van der Waals surface area (Å²) in [5.41, 5.74) is 3.35. The highest BCUT2D eigenvalue weighted by Crippen LogP contribution is 2.23. The van der Waals surface area contributed by atoms with E-state index in [0.717, 1.165) is 17.5 Å². The molecule has 0 atom stereocenters. The van der Waals surface area contributed by atoms with E-state index in [1.54, 1.807) is 24.3 Å². The molecule has 0 radical (unpaired) electrons. The lowest BCUT2D eigenvalue weighted by molar-refractivity contribution is 0.474. The summed E-state index contributed by atoms with van der Waals surface area (Å²) in [5, 5.41) is 18.5. The first-order valence-electron chi connectivity index (χ1n) is 5.98. The quantitative estimate of drug-likeness (QED) is 0.794. The normalized spacial score (nSPS) is 11.5. The van der Waals surface area contributed by atoms with Crippen molar-refractivity contribution in [2.75, 3.05) is 0 Å². The molecule has 2 heteroatoms. The summed E-state index contributed by atoms with van der Waals surface area (Å²) in [6.45, 7) is 2.10. The molecule has 0 unspecified atom stereocenters. The van der Waals surface area contributed by atoms with Crippen LogP contribution in [-0.4, -0.2) is 10.2 Å². The van der Waals surface area contributed by atoms with Crippen LogP contribution < -0.4 is 0 Å². The summed E-state index contributed by atoms with van der Waals surface area (Å²) >= 11 is 0. The molecule has 2 rings (SSSR count). The molecule has 2 aromatic rings. The first kappa shape index (κ1) is 12.2. The van der Waals surface area contributed by atoms with Crippen molar-refractivity contribution < 1.29 is 10.2 Å². The third kappa shape index (κ3) is 2.92. The van der Waals surface area contributed by atoms with Gasteiger partial charge in [0.15, 0.2) is 0 Å². The van der Waals surface area contributed by atoms with E-state index in [4.69, 9.17) is 0 Å². The fraction of sp³-hybridized carbons (Fsp3) is 0.125. The number of hydrogen-bond acceptors (Lipinski definition) is 2. The van der Waals surface area contributed by atoms with Crippen molar-refractivity contribution in [1.82, 2.24) is 0 Å². The summed E-state index contributed by atoms with van der Waals surface area (Å²) in [7, 11) is 0. The fourth-order valence-electron chi connectivity index (χ4n) is 1.84. The van der Waals surface area contributed by atoms with Gasteiger partial charge in [0.25, 0.3) is 0 Å². The van der Waals surface area contributed by atoms with E-state index in [9.17, 15) is 10.2 Å². The third-order valence-corrected chi connectivity index (χ3v) is 2.85. The van der Waals surface area contributed by atoms with Gasteiger partial charge in [0.2, 0.25) is 0 Å². The minimum absolute atomic E-state index is 0.273. The summed E-state index contributed by atoms with van der Waals surface area (Å²) in [4.78, 5) is 0. The standard InChI is InChI=1S/C16H16O2/c1-2-13(14-5-9-16(18)10-6-14)11-12-3-7-15(17)8-4-12/h3-11,17-18H,2H2,1H3/b13-11+. The van der Waals surface area contributed by atoms with Gasteiger partial charge in [-0.05, 0) is 47.4 Å². The molecular weight excluding hydrogens is 224 g/mol. The van der Waals surface area contributed by atoms with Gasteiger partial charge in [-0.1, -0.05) is 37.3 Å².